The molecule has 9 heteroatoms. The Hall–Kier alpha value is -0.970. The molecule has 0 bridgehead atoms. The molecule has 16 heavy (non-hydrogen) atoms. The topological polar surface area (TPSA) is 140 Å². The van der Waals surface area contributed by atoms with E-state index in [0.29, 0.717) is 0 Å². The number of hydrogen-bond donors (Lipinski definition) is 3. The molecule has 0 amide bonds. The van der Waals surface area contributed by atoms with Crippen LogP contribution in [0.4, 0.5) is 0 Å². The molecule has 0 radical (unpaired) electrons. The molecule has 0 saturated carbocycles. The standard InChI is InChI=1S/C7H13IN4O4/c8-7(11-12-9,3-1-5(13)14)4-2-6(15)16-10/h1-4,10H2,(H2,9,11)(H,13,14). The van der Waals surface area contributed by atoms with Crippen LogP contribution in [0.25, 0.3) is 0 Å². The lowest BCUT2D eigenvalue weighted by atomic mass is 10.1. The Labute approximate surface area is 105 Å². The molecule has 1 atom stereocenters. The minimum absolute atomic E-state index is 0.0259. The van der Waals surface area contributed by atoms with E-state index in [1.165, 1.54) is 0 Å². The smallest absolute Gasteiger partial charge is 0.324 e. The maximum atomic E-state index is 10.8. The van der Waals surface area contributed by atoms with E-state index in [2.05, 4.69) is 21.1 Å². The molecule has 92 valence electrons. The summed E-state index contributed by atoms with van der Waals surface area (Å²) in [6, 6.07) is 0. The Morgan fingerprint density at radius 2 is 1.94 bits per heavy atom. The Morgan fingerprint density at radius 1 is 1.38 bits per heavy atom. The maximum Gasteiger partial charge on any atom is 0.324 e. The molecule has 0 heterocycles. The van der Waals surface area contributed by atoms with Crippen LogP contribution < -0.4 is 11.7 Å². The summed E-state index contributed by atoms with van der Waals surface area (Å²) < 4.78 is -0.820. The zero-order valence-electron chi connectivity index (χ0n) is 8.43. The molecular formula is C7H13IN4O4. The summed E-state index contributed by atoms with van der Waals surface area (Å²) in [6.07, 6.45) is 0.427. The first-order valence-corrected chi connectivity index (χ1v) is 5.44. The van der Waals surface area contributed by atoms with Gasteiger partial charge >= 0.3 is 11.9 Å². The number of carbonyl (C=O) groups excluding carboxylic acids is 1. The van der Waals surface area contributed by atoms with Crippen LogP contribution in [-0.4, -0.2) is 20.6 Å². The van der Waals surface area contributed by atoms with Crippen molar-refractivity contribution in [2.24, 2.45) is 22.1 Å². The van der Waals surface area contributed by atoms with Gasteiger partial charge in [0.25, 0.3) is 0 Å². The number of nitrogens with zero attached hydrogens (tertiary/aromatic N) is 2. The second-order valence-corrected chi connectivity index (χ2v) is 5.03. The molecule has 0 rings (SSSR count). The van der Waals surface area contributed by atoms with Crippen LogP contribution >= 0.6 is 22.6 Å². The molecule has 8 nitrogen and oxygen atoms in total. The van der Waals surface area contributed by atoms with E-state index in [4.69, 9.17) is 10.9 Å². The van der Waals surface area contributed by atoms with Gasteiger partial charge in [-0.1, -0.05) is 27.8 Å². The zero-order valence-corrected chi connectivity index (χ0v) is 10.6. The summed E-state index contributed by atoms with van der Waals surface area (Å²) in [7, 11) is 0. The van der Waals surface area contributed by atoms with Crippen LogP contribution in [0.1, 0.15) is 25.7 Å². The van der Waals surface area contributed by atoms with Crippen LogP contribution in [0.5, 0.6) is 0 Å². The third-order valence-corrected chi connectivity index (χ3v) is 3.10. The summed E-state index contributed by atoms with van der Waals surface area (Å²) in [5.41, 5.74) is 0. The predicted octanol–water partition coefficient (Wildman–Crippen LogP) is 0.506. The average Bonchev–Trinajstić information content (AvgIpc) is 2.24. The molecule has 0 aliphatic carbocycles. The fourth-order valence-electron chi connectivity index (χ4n) is 0.979. The van der Waals surface area contributed by atoms with Gasteiger partial charge in [0.1, 0.15) is 3.55 Å². The Morgan fingerprint density at radius 3 is 2.38 bits per heavy atom. The van der Waals surface area contributed by atoms with E-state index < -0.39 is 15.5 Å². The van der Waals surface area contributed by atoms with Gasteiger partial charge in [-0.2, -0.15) is 11.0 Å². The minimum atomic E-state index is -0.949. The highest BCUT2D eigenvalue weighted by molar-refractivity contribution is 14.1. The summed E-state index contributed by atoms with van der Waals surface area (Å²) in [5.74, 6) is 8.05. The molecule has 0 saturated heterocycles. The maximum absolute atomic E-state index is 10.8. The SMILES string of the molecule is NN=NC(I)(CCC(=O)O)CCC(=O)ON. The van der Waals surface area contributed by atoms with E-state index in [0.717, 1.165) is 0 Å². The van der Waals surface area contributed by atoms with Crippen molar-refractivity contribution < 1.29 is 19.5 Å². The summed E-state index contributed by atoms with van der Waals surface area (Å²) in [6.45, 7) is 0. The Bertz CT molecular complexity index is 286. The van der Waals surface area contributed by atoms with Crippen molar-refractivity contribution in [3.63, 3.8) is 0 Å². The van der Waals surface area contributed by atoms with Gasteiger partial charge in [0.05, 0.1) is 6.42 Å². The molecule has 5 N–H and O–H groups in total. The third kappa shape index (κ3) is 6.50. The number of aliphatic carboxylic acids is 1. The molecule has 0 aliphatic rings. The summed E-state index contributed by atoms with van der Waals surface area (Å²) in [4.78, 5) is 25.2. The van der Waals surface area contributed by atoms with E-state index in [1.807, 2.05) is 22.6 Å². The second-order valence-electron chi connectivity index (χ2n) is 3.02. The van der Waals surface area contributed by atoms with Gasteiger partial charge in [-0.3, -0.25) is 9.59 Å². The quantitative estimate of drug-likeness (QED) is 0.153. The third-order valence-electron chi connectivity index (χ3n) is 1.80. The van der Waals surface area contributed by atoms with Gasteiger partial charge < -0.3 is 15.8 Å². The highest BCUT2D eigenvalue weighted by atomic mass is 127. The van der Waals surface area contributed by atoms with E-state index >= 15 is 0 Å². The molecule has 0 fully saturated rings. The number of alkyl halides is 1. The van der Waals surface area contributed by atoms with Gasteiger partial charge in [-0.15, -0.1) is 0 Å². The number of carbonyl (C=O) groups is 2. The number of carboxylic acid groups (broad SMARTS) is 1. The van der Waals surface area contributed by atoms with Crippen molar-refractivity contribution >= 4 is 34.5 Å². The fraction of sp³-hybridized carbons (Fsp3) is 0.714. The highest BCUT2D eigenvalue weighted by Gasteiger charge is 2.28. The first-order chi connectivity index (χ1) is 7.43. The molecular weight excluding hydrogens is 331 g/mol. The van der Waals surface area contributed by atoms with Crippen molar-refractivity contribution in [1.29, 1.82) is 0 Å². The van der Waals surface area contributed by atoms with Crippen LogP contribution in [0.15, 0.2) is 10.3 Å². The van der Waals surface area contributed by atoms with E-state index in [1.54, 1.807) is 0 Å². The lowest BCUT2D eigenvalue weighted by molar-refractivity contribution is -0.144. The van der Waals surface area contributed by atoms with Gasteiger partial charge in [-0.05, 0) is 12.8 Å². The first kappa shape index (κ1) is 15.0. The second kappa shape index (κ2) is 7.33. The zero-order chi connectivity index (χ0) is 12.6. The van der Waals surface area contributed by atoms with Gasteiger partial charge in [0.2, 0.25) is 0 Å². The molecule has 0 aromatic heterocycles. The van der Waals surface area contributed by atoms with Crippen molar-refractivity contribution in [3.8, 4) is 0 Å². The van der Waals surface area contributed by atoms with Gasteiger partial charge in [0, 0.05) is 6.42 Å². The molecule has 0 aromatic carbocycles. The highest BCUT2D eigenvalue weighted by Crippen LogP contribution is 2.32. The summed E-state index contributed by atoms with van der Waals surface area (Å²) >= 11 is 1.91. The predicted molar refractivity (Wildman–Crippen MR) is 62.2 cm³/mol. The molecule has 0 spiro atoms. The van der Waals surface area contributed by atoms with Crippen LogP contribution in [0, 0.1) is 0 Å². The van der Waals surface area contributed by atoms with Crippen LogP contribution in [0.2, 0.25) is 0 Å². The molecule has 1 unspecified atom stereocenters. The van der Waals surface area contributed by atoms with Crippen molar-refractivity contribution in [1.82, 2.24) is 0 Å². The largest absolute Gasteiger partial charge is 0.481 e. The molecule has 0 aromatic rings. The van der Waals surface area contributed by atoms with Crippen molar-refractivity contribution in [3.05, 3.63) is 0 Å². The minimum Gasteiger partial charge on any atom is -0.481 e. The Kier molecular flexibility index (Phi) is 6.88. The van der Waals surface area contributed by atoms with Crippen LogP contribution in [0.3, 0.4) is 0 Å². The first-order valence-electron chi connectivity index (χ1n) is 4.36. The van der Waals surface area contributed by atoms with Crippen molar-refractivity contribution in [2.75, 3.05) is 0 Å². The normalized spacial score (nSPS) is 14.6. The van der Waals surface area contributed by atoms with Crippen molar-refractivity contribution in [2.45, 2.75) is 29.2 Å². The average molecular weight is 344 g/mol. The van der Waals surface area contributed by atoms with Gasteiger partial charge in [-0.25, -0.2) is 0 Å². The monoisotopic (exact) mass is 344 g/mol. The fourth-order valence-corrected chi connectivity index (χ4v) is 1.64. The van der Waals surface area contributed by atoms with E-state index in [-0.39, 0.29) is 25.7 Å². The lowest BCUT2D eigenvalue weighted by Gasteiger charge is -2.19. The van der Waals surface area contributed by atoms with Crippen LogP contribution in [-0.2, 0) is 14.4 Å². The lowest BCUT2D eigenvalue weighted by Crippen LogP contribution is -2.22. The summed E-state index contributed by atoms with van der Waals surface area (Å²) in [5, 5.41) is 15.4. The number of carboxylic acids is 1. The number of nitrogens with two attached hydrogens (primary N) is 2. The number of rotatable bonds is 7. The van der Waals surface area contributed by atoms with E-state index in [9.17, 15) is 9.59 Å². The number of hydrogen-bond acceptors (Lipinski definition) is 6. The van der Waals surface area contributed by atoms with Gasteiger partial charge in [0.15, 0.2) is 0 Å². The number of halogens is 1. The molecule has 0 aliphatic heterocycles. The Balaban J connectivity index is 4.32.